The summed E-state index contributed by atoms with van der Waals surface area (Å²) in [6.07, 6.45) is 3.71. The predicted molar refractivity (Wildman–Crippen MR) is 87.2 cm³/mol. The van der Waals surface area contributed by atoms with E-state index in [0.29, 0.717) is 0 Å². The quantitative estimate of drug-likeness (QED) is 0.738. The second-order valence-electron chi connectivity index (χ2n) is 4.82. The zero-order chi connectivity index (χ0) is 16.2. The zero-order valence-corrected chi connectivity index (χ0v) is 12.7. The van der Waals surface area contributed by atoms with Crippen molar-refractivity contribution in [1.82, 2.24) is 4.98 Å². The van der Waals surface area contributed by atoms with Crippen molar-refractivity contribution >= 4 is 29.5 Å². The average molecular weight is 324 g/mol. The van der Waals surface area contributed by atoms with Gasteiger partial charge in [-0.25, -0.2) is 9.37 Å². The zero-order valence-electron chi connectivity index (χ0n) is 11.9. The molecule has 0 saturated heterocycles. The molecule has 114 valence electrons. The summed E-state index contributed by atoms with van der Waals surface area (Å²) in [5.41, 5.74) is 2.67. The van der Waals surface area contributed by atoms with Crippen LogP contribution in [0.4, 0.5) is 4.39 Å². The molecule has 0 bridgehead atoms. The Labute approximate surface area is 136 Å². The number of hydrogen-bond donors (Lipinski definition) is 0. The molecule has 0 saturated carbocycles. The molecule has 0 aliphatic carbocycles. The number of hydrogen-bond acceptors (Lipinski definition) is 4. The van der Waals surface area contributed by atoms with Crippen molar-refractivity contribution in [3.8, 4) is 11.3 Å². The lowest BCUT2D eigenvalue weighted by Crippen LogP contribution is -2.21. The molecule has 5 heteroatoms. The van der Waals surface area contributed by atoms with Gasteiger partial charge in [0.1, 0.15) is 10.8 Å². The van der Waals surface area contributed by atoms with Gasteiger partial charge in [-0.2, -0.15) is 0 Å². The highest BCUT2D eigenvalue weighted by molar-refractivity contribution is 7.10. The summed E-state index contributed by atoms with van der Waals surface area (Å²) in [5.74, 6) is -1.46. The number of carboxylic acid groups (broad SMARTS) is 1. The van der Waals surface area contributed by atoms with Crippen molar-refractivity contribution in [3.05, 3.63) is 75.9 Å². The van der Waals surface area contributed by atoms with Gasteiger partial charge in [0.15, 0.2) is 0 Å². The topological polar surface area (TPSA) is 53.0 Å². The number of nitrogens with zero attached hydrogens (tertiary/aromatic N) is 1. The summed E-state index contributed by atoms with van der Waals surface area (Å²) in [5, 5.41) is 13.4. The van der Waals surface area contributed by atoms with E-state index in [-0.39, 0.29) is 11.4 Å². The molecule has 0 amide bonds. The minimum Gasteiger partial charge on any atom is -0.545 e. The molecule has 0 fully saturated rings. The van der Waals surface area contributed by atoms with Crippen molar-refractivity contribution in [2.75, 3.05) is 0 Å². The molecule has 1 aromatic heterocycles. The van der Waals surface area contributed by atoms with Gasteiger partial charge in [0.05, 0.1) is 11.7 Å². The molecule has 2 aromatic carbocycles. The monoisotopic (exact) mass is 324 g/mol. The van der Waals surface area contributed by atoms with Gasteiger partial charge >= 0.3 is 0 Å². The summed E-state index contributed by atoms with van der Waals surface area (Å²) in [7, 11) is 0. The third-order valence-corrected chi connectivity index (χ3v) is 4.04. The van der Waals surface area contributed by atoms with E-state index in [9.17, 15) is 14.3 Å². The number of benzene rings is 2. The number of aromatic carboxylic acids is 1. The molecular weight excluding hydrogens is 313 g/mol. The van der Waals surface area contributed by atoms with Gasteiger partial charge in [-0.3, -0.25) is 0 Å². The summed E-state index contributed by atoms with van der Waals surface area (Å²) in [6, 6.07) is 12.6. The van der Waals surface area contributed by atoms with Crippen LogP contribution in [-0.2, 0) is 0 Å². The number of carbonyl (C=O) groups excluding carboxylic acids is 1. The van der Waals surface area contributed by atoms with E-state index in [2.05, 4.69) is 4.98 Å². The molecule has 0 spiro atoms. The second-order valence-corrected chi connectivity index (χ2v) is 5.71. The van der Waals surface area contributed by atoms with Gasteiger partial charge in [0, 0.05) is 10.9 Å². The Balaban J connectivity index is 1.75. The number of aromatic nitrogens is 1. The highest BCUT2D eigenvalue weighted by Gasteiger charge is 2.03. The molecule has 3 nitrogen and oxygen atoms in total. The van der Waals surface area contributed by atoms with Crippen LogP contribution in [0.1, 0.15) is 20.9 Å². The first-order valence-corrected chi connectivity index (χ1v) is 7.71. The first-order valence-electron chi connectivity index (χ1n) is 6.83. The van der Waals surface area contributed by atoms with Crippen LogP contribution in [0.3, 0.4) is 0 Å². The number of halogens is 1. The van der Waals surface area contributed by atoms with Crippen molar-refractivity contribution in [1.29, 1.82) is 0 Å². The Morgan fingerprint density at radius 3 is 2.39 bits per heavy atom. The van der Waals surface area contributed by atoms with Crippen molar-refractivity contribution in [3.63, 3.8) is 0 Å². The van der Waals surface area contributed by atoms with Gasteiger partial charge in [0.2, 0.25) is 0 Å². The van der Waals surface area contributed by atoms with Gasteiger partial charge in [0.25, 0.3) is 0 Å². The Morgan fingerprint density at radius 1 is 1.04 bits per heavy atom. The largest absolute Gasteiger partial charge is 0.545 e. The normalized spacial score (nSPS) is 11.0. The number of thiazole rings is 1. The van der Waals surface area contributed by atoms with Crippen molar-refractivity contribution < 1.29 is 14.3 Å². The Bertz CT molecular complexity index is 851. The summed E-state index contributed by atoms with van der Waals surface area (Å²) in [6.45, 7) is 0. The van der Waals surface area contributed by atoms with E-state index in [4.69, 9.17) is 0 Å². The van der Waals surface area contributed by atoms with Crippen LogP contribution in [0.2, 0.25) is 0 Å². The summed E-state index contributed by atoms with van der Waals surface area (Å²) < 4.78 is 12.9. The lowest BCUT2D eigenvalue weighted by Gasteiger charge is -2.01. The molecular formula is C18H11FNO2S-. The summed E-state index contributed by atoms with van der Waals surface area (Å²) in [4.78, 5) is 15.2. The van der Waals surface area contributed by atoms with Crippen LogP contribution >= 0.6 is 11.3 Å². The lowest BCUT2D eigenvalue weighted by molar-refractivity contribution is -0.255. The van der Waals surface area contributed by atoms with E-state index < -0.39 is 5.97 Å². The molecule has 23 heavy (non-hydrogen) atoms. The minimum absolute atomic E-state index is 0.148. The fourth-order valence-electron chi connectivity index (χ4n) is 2.02. The lowest BCUT2D eigenvalue weighted by atomic mass is 10.1. The van der Waals surface area contributed by atoms with Gasteiger partial charge in [-0.05, 0) is 41.5 Å². The van der Waals surface area contributed by atoms with Gasteiger partial charge in [-0.1, -0.05) is 30.3 Å². The summed E-state index contributed by atoms with van der Waals surface area (Å²) >= 11 is 1.48. The molecule has 0 atom stereocenters. The number of carboxylic acids is 1. The standard InChI is InChI=1S/C18H12FNO2S/c19-15-8-6-13(7-9-15)16-11-23-17(20-16)10-3-12-1-4-14(5-2-12)18(21)22/h1-11H,(H,21,22)/p-1/b10-3+. The maximum Gasteiger partial charge on any atom is 0.123 e. The first kappa shape index (κ1) is 15.1. The SMILES string of the molecule is O=C([O-])c1ccc(/C=C/c2nc(-c3ccc(F)cc3)cs2)cc1. The van der Waals surface area contributed by atoms with Gasteiger partial charge < -0.3 is 9.90 Å². The predicted octanol–water partition coefficient (Wildman–Crippen LogP) is 3.48. The first-order chi connectivity index (χ1) is 11.1. The smallest absolute Gasteiger partial charge is 0.123 e. The van der Waals surface area contributed by atoms with Crippen LogP contribution < -0.4 is 5.11 Å². The highest BCUT2D eigenvalue weighted by atomic mass is 32.1. The van der Waals surface area contributed by atoms with Crippen LogP contribution in [-0.4, -0.2) is 11.0 Å². The van der Waals surface area contributed by atoms with Crippen LogP contribution in [0, 0.1) is 5.82 Å². The van der Waals surface area contributed by atoms with E-state index in [1.165, 1.54) is 35.6 Å². The number of carbonyl (C=O) groups is 1. The molecule has 0 unspecified atom stereocenters. The molecule has 3 rings (SSSR count). The maximum absolute atomic E-state index is 12.9. The molecule has 0 N–H and O–H groups in total. The van der Waals surface area contributed by atoms with Gasteiger partial charge in [-0.15, -0.1) is 11.3 Å². The van der Waals surface area contributed by atoms with E-state index >= 15 is 0 Å². The van der Waals surface area contributed by atoms with Crippen molar-refractivity contribution in [2.24, 2.45) is 0 Å². The Kier molecular flexibility index (Phi) is 4.30. The fraction of sp³-hybridized carbons (Fsp3) is 0. The van der Waals surface area contributed by atoms with Crippen LogP contribution in [0.15, 0.2) is 53.9 Å². The third-order valence-electron chi connectivity index (χ3n) is 3.23. The van der Waals surface area contributed by atoms with Crippen LogP contribution in [0.5, 0.6) is 0 Å². The molecule has 0 radical (unpaired) electrons. The third kappa shape index (κ3) is 3.70. The average Bonchev–Trinajstić information content (AvgIpc) is 3.03. The fourth-order valence-corrected chi connectivity index (χ4v) is 2.73. The molecule has 3 aromatic rings. The van der Waals surface area contributed by atoms with Crippen molar-refractivity contribution in [2.45, 2.75) is 0 Å². The molecule has 0 aliphatic heterocycles. The Morgan fingerprint density at radius 2 is 1.74 bits per heavy atom. The molecule has 0 aliphatic rings. The van der Waals surface area contributed by atoms with Crippen LogP contribution in [0.25, 0.3) is 23.4 Å². The van der Waals surface area contributed by atoms with E-state index in [1.54, 1.807) is 24.3 Å². The highest BCUT2D eigenvalue weighted by Crippen LogP contribution is 2.23. The molecule has 1 heterocycles. The maximum atomic E-state index is 12.9. The van der Waals surface area contributed by atoms with E-state index in [0.717, 1.165) is 21.8 Å². The minimum atomic E-state index is -1.19. The second kappa shape index (κ2) is 6.54. The number of rotatable bonds is 4. The Hall–Kier alpha value is -2.79. The van der Waals surface area contributed by atoms with E-state index in [1.807, 2.05) is 17.5 Å².